The van der Waals surface area contributed by atoms with E-state index < -0.39 is 23.9 Å². The van der Waals surface area contributed by atoms with Gasteiger partial charge in [0.25, 0.3) is 0 Å². The van der Waals surface area contributed by atoms with Gasteiger partial charge in [0.05, 0.1) is 5.56 Å². The van der Waals surface area contributed by atoms with Crippen LogP contribution in [0.2, 0.25) is 0 Å². The number of nitrogens with one attached hydrogen (secondary N) is 1. The fourth-order valence-corrected chi connectivity index (χ4v) is 1.07. The number of hydrogen-bond acceptors (Lipinski definition) is 3. The number of carboxylic acids is 1. The predicted octanol–water partition coefficient (Wildman–Crippen LogP) is 1.59. The predicted molar refractivity (Wildman–Crippen MR) is 50.6 cm³/mol. The standard InChI is InChI=1S/C9H7F3N2O3/c1-4-5(7(15)16)2-3-13-6(4)14-8(17)9(10,11)12/h2-3H,1H3,(H,15,16)(H,13,14,17). The molecule has 0 aliphatic rings. The Morgan fingerprint density at radius 3 is 2.47 bits per heavy atom. The molecule has 0 atom stereocenters. The van der Waals surface area contributed by atoms with Gasteiger partial charge in [-0.05, 0) is 13.0 Å². The van der Waals surface area contributed by atoms with Crippen molar-refractivity contribution in [3.63, 3.8) is 0 Å². The number of carbonyl (C=O) groups is 2. The van der Waals surface area contributed by atoms with Gasteiger partial charge in [-0.1, -0.05) is 0 Å². The number of carboxylic acid groups (broad SMARTS) is 1. The first kappa shape index (κ1) is 12.9. The Morgan fingerprint density at radius 2 is 2.00 bits per heavy atom. The normalized spacial score (nSPS) is 11.1. The van der Waals surface area contributed by atoms with Crippen molar-refractivity contribution >= 4 is 17.7 Å². The van der Waals surface area contributed by atoms with Gasteiger partial charge in [-0.25, -0.2) is 9.78 Å². The highest BCUT2D eigenvalue weighted by molar-refractivity contribution is 5.97. The molecule has 8 heteroatoms. The Hall–Kier alpha value is -2.12. The molecular formula is C9H7F3N2O3. The van der Waals surface area contributed by atoms with E-state index in [0.29, 0.717) is 0 Å². The molecule has 1 heterocycles. The Kier molecular flexibility index (Phi) is 3.35. The Labute approximate surface area is 93.3 Å². The minimum Gasteiger partial charge on any atom is -0.478 e. The van der Waals surface area contributed by atoms with Crippen molar-refractivity contribution in [2.75, 3.05) is 5.32 Å². The van der Waals surface area contributed by atoms with Crippen molar-refractivity contribution in [2.24, 2.45) is 0 Å². The molecule has 0 aromatic carbocycles. The smallest absolute Gasteiger partial charge is 0.471 e. The number of rotatable bonds is 2. The molecule has 0 saturated carbocycles. The van der Waals surface area contributed by atoms with Gasteiger partial charge in [0, 0.05) is 11.8 Å². The third-order valence-corrected chi connectivity index (χ3v) is 1.92. The zero-order chi connectivity index (χ0) is 13.2. The quantitative estimate of drug-likeness (QED) is 0.832. The zero-order valence-electron chi connectivity index (χ0n) is 8.50. The monoisotopic (exact) mass is 248 g/mol. The molecule has 0 fully saturated rings. The average Bonchev–Trinajstić information content (AvgIpc) is 2.19. The first-order valence-corrected chi connectivity index (χ1v) is 4.30. The van der Waals surface area contributed by atoms with Crippen molar-refractivity contribution in [1.82, 2.24) is 4.98 Å². The summed E-state index contributed by atoms with van der Waals surface area (Å²) in [6.45, 7) is 1.25. The number of aromatic nitrogens is 1. The summed E-state index contributed by atoms with van der Waals surface area (Å²) in [6, 6.07) is 1.13. The molecule has 92 valence electrons. The summed E-state index contributed by atoms with van der Waals surface area (Å²) in [5.74, 6) is -3.93. The van der Waals surface area contributed by atoms with Crippen LogP contribution in [-0.4, -0.2) is 28.1 Å². The topological polar surface area (TPSA) is 79.3 Å². The van der Waals surface area contributed by atoms with E-state index in [9.17, 15) is 22.8 Å². The Bertz CT molecular complexity index is 471. The number of nitrogens with zero attached hydrogens (tertiary/aromatic N) is 1. The van der Waals surface area contributed by atoms with Gasteiger partial charge < -0.3 is 10.4 Å². The number of amides is 1. The van der Waals surface area contributed by atoms with E-state index in [0.717, 1.165) is 12.3 Å². The molecule has 1 amide bonds. The molecule has 0 aliphatic carbocycles. The van der Waals surface area contributed by atoms with E-state index in [2.05, 4.69) is 4.98 Å². The number of carbonyl (C=O) groups excluding carboxylic acids is 1. The fourth-order valence-electron chi connectivity index (χ4n) is 1.07. The van der Waals surface area contributed by atoms with Gasteiger partial charge in [0.2, 0.25) is 0 Å². The molecule has 0 saturated heterocycles. The summed E-state index contributed by atoms with van der Waals surface area (Å²) < 4.78 is 35.9. The third kappa shape index (κ3) is 2.92. The molecule has 0 radical (unpaired) electrons. The maximum absolute atomic E-state index is 12.0. The number of aromatic carboxylic acids is 1. The molecule has 2 N–H and O–H groups in total. The highest BCUT2D eigenvalue weighted by Gasteiger charge is 2.39. The number of anilines is 1. The van der Waals surface area contributed by atoms with Crippen LogP contribution in [0.4, 0.5) is 19.0 Å². The molecule has 5 nitrogen and oxygen atoms in total. The molecular weight excluding hydrogens is 241 g/mol. The van der Waals surface area contributed by atoms with E-state index in [-0.39, 0.29) is 11.1 Å². The fraction of sp³-hybridized carbons (Fsp3) is 0.222. The number of alkyl halides is 3. The third-order valence-electron chi connectivity index (χ3n) is 1.92. The lowest BCUT2D eigenvalue weighted by Gasteiger charge is -2.10. The summed E-state index contributed by atoms with van der Waals surface area (Å²) in [5, 5.41) is 10.2. The molecule has 0 unspecified atom stereocenters. The highest BCUT2D eigenvalue weighted by atomic mass is 19.4. The second kappa shape index (κ2) is 4.40. The molecule has 1 aromatic rings. The van der Waals surface area contributed by atoms with Crippen LogP contribution in [0.15, 0.2) is 12.3 Å². The summed E-state index contributed by atoms with van der Waals surface area (Å²) in [7, 11) is 0. The number of halogens is 3. The van der Waals surface area contributed by atoms with Gasteiger partial charge in [0.15, 0.2) is 0 Å². The lowest BCUT2D eigenvalue weighted by atomic mass is 10.1. The lowest BCUT2D eigenvalue weighted by Crippen LogP contribution is -2.30. The van der Waals surface area contributed by atoms with Gasteiger partial charge >= 0.3 is 18.1 Å². The number of pyridine rings is 1. The SMILES string of the molecule is Cc1c(C(=O)O)ccnc1NC(=O)C(F)(F)F. The van der Waals surface area contributed by atoms with Crippen LogP contribution in [0.25, 0.3) is 0 Å². The molecule has 1 rings (SSSR count). The molecule has 17 heavy (non-hydrogen) atoms. The Morgan fingerprint density at radius 1 is 1.41 bits per heavy atom. The summed E-state index contributed by atoms with van der Waals surface area (Å²) in [5.41, 5.74) is -0.268. The maximum atomic E-state index is 12.0. The van der Waals surface area contributed by atoms with Gasteiger partial charge in [-0.2, -0.15) is 13.2 Å². The van der Waals surface area contributed by atoms with Crippen molar-refractivity contribution in [3.05, 3.63) is 23.4 Å². The van der Waals surface area contributed by atoms with Crippen LogP contribution in [0.1, 0.15) is 15.9 Å². The van der Waals surface area contributed by atoms with E-state index in [4.69, 9.17) is 5.11 Å². The molecule has 0 aliphatic heterocycles. The van der Waals surface area contributed by atoms with Crippen molar-refractivity contribution in [1.29, 1.82) is 0 Å². The minimum absolute atomic E-state index is 0.0439. The van der Waals surface area contributed by atoms with Gasteiger partial charge in [-0.3, -0.25) is 4.79 Å². The average molecular weight is 248 g/mol. The van der Waals surface area contributed by atoms with Gasteiger partial charge in [0.1, 0.15) is 5.82 Å². The molecule has 0 spiro atoms. The largest absolute Gasteiger partial charge is 0.478 e. The van der Waals surface area contributed by atoms with Crippen LogP contribution < -0.4 is 5.32 Å². The van der Waals surface area contributed by atoms with Crippen LogP contribution in [0, 0.1) is 6.92 Å². The lowest BCUT2D eigenvalue weighted by molar-refractivity contribution is -0.167. The van der Waals surface area contributed by atoms with Crippen molar-refractivity contribution in [2.45, 2.75) is 13.1 Å². The zero-order valence-corrected chi connectivity index (χ0v) is 8.50. The van der Waals surface area contributed by atoms with E-state index in [1.807, 2.05) is 0 Å². The first-order chi connectivity index (χ1) is 7.73. The molecule has 1 aromatic heterocycles. The van der Waals surface area contributed by atoms with Crippen LogP contribution in [0.3, 0.4) is 0 Å². The summed E-state index contributed by atoms with van der Waals surface area (Å²) >= 11 is 0. The number of hydrogen-bond donors (Lipinski definition) is 2. The summed E-state index contributed by atoms with van der Waals surface area (Å²) in [6.07, 6.45) is -4.05. The van der Waals surface area contributed by atoms with Crippen LogP contribution >= 0.6 is 0 Å². The molecule has 0 bridgehead atoms. The van der Waals surface area contributed by atoms with E-state index in [1.165, 1.54) is 12.2 Å². The van der Waals surface area contributed by atoms with Crippen molar-refractivity contribution in [3.8, 4) is 0 Å². The highest BCUT2D eigenvalue weighted by Crippen LogP contribution is 2.20. The van der Waals surface area contributed by atoms with Crippen LogP contribution in [0.5, 0.6) is 0 Å². The summed E-state index contributed by atoms with van der Waals surface area (Å²) in [4.78, 5) is 24.8. The van der Waals surface area contributed by atoms with Crippen LogP contribution in [-0.2, 0) is 4.79 Å². The second-order valence-electron chi connectivity index (χ2n) is 3.09. The van der Waals surface area contributed by atoms with E-state index >= 15 is 0 Å². The maximum Gasteiger partial charge on any atom is 0.471 e. The van der Waals surface area contributed by atoms with Crippen molar-refractivity contribution < 1.29 is 27.9 Å². The first-order valence-electron chi connectivity index (χ1n) is 4.30. The van der Waals surface area contributed by atoms with Gasteiger partial charge in [-0.15, -0.1) is 0 Å². The second-order valence-corrected chi connectivity index (χ2v) is 3.09. The minimum atomic E-state index is -5.05. The Balaban J connectivity index is 3.05. The van der Waals surface area contributed by atoms with E-state index in [1.54, 1.807) is 0 Å².